The summed E-state index contributed by atoms with van der Waals surface area (Å²) in [5, 5.41) is 2.40. The summed E-state index contributed by atoms with van der Waals surface area (Å²) in [6.45, 7) is 5.31. The van der Waals surface area contributed by atoms with Crippen LogP contribution in [0.1, 0.15) is 5.56 Å². The monoisotopic (exact) mass is 277 g/mol. The Morgan fingerprint density at radius 2 is 2.16 bits per heavy atom. The minimum Gasteiger partial charge on any atom is -0.382 e. The van der Waals surface area contributed by atoms with Crippen LogP contribution in [0.3, 0.4) is 0 Å². The van der Waals surface area contributed by atoms with Gasteiger partial charge in [0.15, 0.2) is 5.76 Å². The normalized spacial score (nSPS) is 13.6. The molecule has 1 aliphatic heterocycles. The first kappa shape index (κ1) is 13.7. The maximum Gasteiger partial charge on any atom is 0.150 e. The van der Waals surface area contributed by atoms with Crippen LogP contribution in [0.4, 0.5) is 0 Å². The minimum atomic E-state index is 0.333. The van der Waals surface area contributed by atoms with Gasteiger partial charge in [-0.2, -0.15) is 0 Å². The molecule has 4 heteroatoms. The Morgan fingerprint density at radius 3 is 2.89 bits per heavy atom. The molecule has 1 aromatic rings. The SMILES string of the molecule is C=C(COCc1ccccc1Cl)ON1C=CC=CC1. The van der Waals surface area contributed by atoms with Crippen molar-refractivity contribution >= 4 is 11.6 Å². The third-order valence-corrected chi connectivity index (χ3v) is 2.88. The van der Waals surface area contributed by atoms with Gasteiger partial charge in [-0.1, -0.05) is 48.5 Å². The molecule has 0 radical (unpaired) electrons. The minimum absolute atomic E-state index is 0.333. The summed E-state index contributed by atoms with van der Waals surface area (Å²) in [4.78, 5) is 5.50. The molecule has 2 rings (SSSR count). The molecule has 1 aliphatic rings. The van der Waals surface area contributed by atoms with Gasteiger partial charge in [0.1, 0.15) is 6.61 Å². The van der Waals surface area contributed by atoms with Crippen molar-refractivity contribution in [2.45, 2.75) is 6.61 Å². The summed E-state index contributed by atoms with van der Waals surface area (Å²) in [5.74, 6) is 0.562. The number of hydroxylamine groups is 2. The Hall–Kier alpha value is -1.71. The number of ether oxygens (including phenoxy) is 1. The van der Waals surface area contributed by atoms with Crippen LogP contribution in [0.25, 0.3) is 0 Å². The molecule has 1 aromatic carbocycles. The molecule has 0 amide bonds. The van der Waals surface area contributed by atoms with Gasteiger partial charge in [-0.05, 0) is 17.7 Å². The van der Waals surface area contributed by atoms with Gasteiger partial charge < -0.3 is 9.57 Å². The van der Waals surface area contributed by atoms with Gasteiger partial charge in [-0.3, -0.25) is 0 Å². The van der Waals surface area contributed by atoms with Crippen LogP contribution in [-0.2, 0) is 16.2 Å². The van der Waals surface area contributed by atoms with E-state index in [9.17, 15) is 0 Å². The topological polar surface area (TPSA) is 21.7 Å². The second-order valence-corrected chi connectivity index (χ2v) is 4.49. The lowest BCUT2D eigenvalue weighted by Crippen LogP contribution is -2.20. The van der Waals surface area contributed by atoms with Crippen molar-refractivity contribution in [3.8, 4) is 0 Å². The molecular weight excluding hydrogens is 262 g/mol. The highest BCUT2D eigenvalue weighted by atomic mass is 35.5. The lowest BCUT2D eigenvalue weighted by molar-refractivity contribution is -0.0831. The highest BCUT2D eigenvalue weighted by Gasteiger charge is 2.05. The fraction of sp³-hybridized carbons (Fsp3) is 0.200. The predicted octanol–water partition coefficient (Wildman–Crippen LogP) is 3.69. The first-order valence-corrected chi connectivity index (χ1v) is 6.40. The Bertz CT molecular complexity index is 497. The van der Waals surface area contributed by atoms with Crippen molar-refractivity contribution in [3.63, 3.8) is 0 Å². The van der Waals surface area contributed by atoms with E-state index in [-0.39, 0.29) is 0 Å². The van der Waals surface area contributed by atoms with Gasteiger partial charge in [0.2, 0.25) is 0 Å². The van der Waals surface area contributed by atoms with Crippen molar-refractivity contribution < 1.29 is 9.57 Å². The molecule has 0 spiro atoms. The molecule has 0 N–H and O–H groups in total. The number of halogens is 1. The van der Waals surface area contributed by atoms with E-state index in [0.29, 0.717) is 30.5 Å². The molecule has 0 aromatic heterocycles. The molecule has 0 saturated carbocycles. The van der Waals surface area contributed by atoms with Gasteiger partial charge in [-0.15, -0.1) is 0 Å². The molecule has 0 atom stereocenters. The Morgan fingerprint density at radius 1 is 1.32 bits per heavy atom. The van der Waals surface area contributed by atoms with Crippen LogP contribution in [0.5, 0.6) is 0 Å². The van der Waals surface area contributed by atoms with E-state index in [1.54, 1.807) is 5.06 Å². The van der Waals surface area contributed by atoms with Crippen LogP contribution in [-0.4, -0.2) is 18.2 Å². The number of rotatable bonds is 6. The van der Waals surface area contributed by atoms with Crippen molar-refractivity contribution in [3.05, 3.63) is 71.6 Å². The molecule has 100 valence electrons. The van der Waals surface area contributed by atoms with E-state index < -0.39 is 0 Å². The number of hydrogen-bond acceptors (Lipinski definition) is 3. The Balaban J connectivity index is 1.71. The number of hydrogen-bond donors (Lipinski definition) is 0. The highest BCUT2D eigenvalue weighted by molar-refractivity contribution is 6.31. The van der Waals surface area contributed by atoms with E-state index in [2.05, 4.69) is 6.58 Å². The molecule has 0 bridgehead atoms. The highest BCUT2D eigenvalue weighted by Crippen LogP contribution is 2.16. The lowest BCUT2D eigenvalue weighted by atomic mass is 10.2. The second-order valence-electron chi connectivity index (χ2n) is 4.08. The van der Waals surface area contributed by atoms with E-state index in [0.717, 1.165) is 5.56 Å². The van der Waals surface area contributed by atoms with Gasteiger partial charge in [-0.25, -0.2) is 5.06 Å². The smallest absolute Gasteiger partial charge is 0.150 e. The molecule has 0 fully saturated rings. The van der Waals surface area contributed by atoms with Gasteiger partial charge >= 0.3 is 0 Å². The standard InChI is InChI=1S/C15H16ClNO2/c1-13(19-17-9-5-2-6-10-17)11-18-12-14-7-3-4-8-15(14)16/h2-9H,1,10-12H2. The summed E-state index contributed by atoms with van der Waals surface area (Å²) in [7, 11) is 0. The molecule has 3 nitrogen and oxygen atoms in total. The zero-order valence-electron chi connectivity index (χ0n) is 10.6. The van der Waals surface area contributed by atoms with Crippen LogP contribution < -0.4 is 0 Å². The second kappa shape index (κ2) is 7.02. The summed E-state index contributed by atoms with van der Waals surface area (Å²) in [6, 6.07) is 7.60. The van der Waals surface area contributed by atoms with Gasteiger partial charge in [0.05, 0.1) is 13.2 Å². The van der Waals surface area contributed by atoms with Crippen molar-refractivity contribution in [1.82, 2.24) is 5.06 Å². The molecule has 0 unspecified atom stereocenters. The van der Waals surface area contributed by atoms with E-state index in [1.165, 1.54) is 0 Å². The molecule has 0 saturated heterocycles. The fourth-order valence-corrected chi connectivity index (χ4v) is 1.79. The summed E-state index contributed by atoms with van der Waals surface area (Å²) in [6.07, 6.45) is 7.72. The summed E-state index contributed by atoms with van der Waals surface area (Å²) < 4.78 is 5.53. The number of allylic oxidation sites excluding steroid dienone is 2. The van der Waals surface area contributed by atoms with E-state index in [1.807, 2.05) is 48.7 Å². The average Bonchev–Trinajstić information content (AvgIpc) is 2.42. The quantitative estimate of drug-likeness (QED) is 0.740. The van der Waals surface area contributed by atoms with Crippen LogP contribution >= 0.6 is 11.6 Å². The Labute approximate surface area is 118 Å². The predicted molar refractivity (Wildman–Crippen MR) is 76.3 cm³/mol. The maximum atomic E-state index is 6.04. The zero-order chi connectivity index (χ0) is 13.5. The lowest BCUT2D eigenvalue weighted by Gasteiger charge is -2.21. The average molecular weight is 278 g/mol. The first-order chi connectivity index (χ1) is 9.25. The van der Waals surface area contributed by atoms with Crippen LogP contribution in [0, 0.1) is 0 Å². The van der Waals surface area contributed by atoms with E-state index in [4.69, 9.17) is 21.2 Å². The van der Waals surface area contributed by atoms with Gasteiger partial charge in [0, 0.05) is 11.2 Å². The van der Waals surface area contributed by atoms with Crippen molar-refractivity contribution in [1.29, 1.82) is 0 Å². The maximum absolute atomic E-state index is 6.04. The number of benzene rings is 1. The summed E-state index contributed by atoms with van der Waals surface area (Å²) in [5.41, 5.74) is 0.956. The fourth-order valence-electron chi connectivity index (χ4n) is 1.60. The van der Waals surface area contributed by atoms with Crippen molar-refractivity contribution in [2.24, 2.45) is 0 Å². The third kappa shape index (κ3) is 4.47. The largest absolute Gasteiger partial charge is 0.382 e. The van der Waals surface area contributed by atoms with Crippen LogP contribution in [0.15, 0.2) is 61.0 Å². The summed E-state index contributed by atoms with van der Waals surface area (Å²) >= 11 is 6.04. The van der Waals surface area contributed by atoms with Gasteiger partial charge in [0.25, 0.3) is 0 Å². The molecule has 19 heavy (non-hydrogen) atoms. The zero-order valence-corrected chi connectivity index (χ0v) is 11.3. The molecule has 0 aliphatic carbocycles. The molecule has 1 heterocycles. The molecular formula is C15H16ClNO2. The van der Waals surface area contributed by atoms with Crippen molar-refractivity contribution in [2.75, 3.05) is 13.2 Å². The number of nitrogens with zero attached hydrogens (tertiary/aromatic N) is 1. The first-order valence-electron chi connectivity index (χ1n) is 6.02. The Kier molecular flexibility index (Phi) is 5.07. The van der Waals surface area contributed by atoms with E-state index >= 15 is 0 Å². The van der Waals surface area contributed by atoms with Crippen LogP contribution in [0.2, 0.25) is 5.02 Å². The third-order valence-electron chi connectivity index (χ3n) is 2.51.